The van der Waals surface area contributed by atoms with Crippen LogP contribution in [-0.4, -0.2) is 50.7 Å². The molecule has 0 amide bonds. The van der Waals surface area contributed by atoms with Crippen molar-refractivity contribution in [1.82, 2.24) is 15.5 Å². The number of hydrogen-bond acceptors (Lipinski definition) is 3. The Morgan fingerprint density at radius 3 is 2.46 bits per heavy atom. The zero-order valence-electron chi connectivity index (χ0n) is 15.3. The molecular formula is C19H32N4O. The van der Waals surface area contributed by atoms with E-state index in [1.54, 1.807) is 0 Å². The topological polar surface area (TPSA) is 48.9 Å². The van der Waals surface area contributed by atoms with E-state index >= 15 is 0 Å². The highest BCUT2D eigenvalue weighted by atomic mass is 16.5. The van der Waals surface area contributed by atoms with E-state index < -0.39 is 0 Å². The molecule has 1 saturated carbocycles. The maximum Gasteiger partial charge on any atom is 0.191 e. The van der Waals surface area contributed by atoms with E-state index in [-0.39, 0.29) is 0 Å². The standard InChI is InChI=1S/C19H32N4O/c1-4-23(5-2)12-13-24-18-10-8-17(9-11-18)15-22-19(20-3)21-14-16-6-7-16/h8-11,16H,4-7,12-15H2,1-3H3,(H2,20,21,22). The predicted octanol–water partition coefficient (Wildman–Crippen LogP) is 2.48. The number of ether oxygens (including phenoxy) is 1. The second kappa shape index (κ2) is 10.2. The molecule has 24 heavy (non-hydrogen) atoms. The summed E-state index contributed by atoms with van der Waals surface area (Å²) in [6.45, 7) is 10.00. The van der Waals surface area contributed by atoms with Crippen molar-refractivity contribution in [2.75, 3.05) is 39.8 Å². The minimum Gasteiger partial charge on any atom is -0.492 e. The van der Waals surface area contributed by atoms with Gasteiger partial charge in [-0.2, -0.15) is 0 Å². The number of nitrogens with one attached hydrogen (secondary N) is 2. The number of likely N-dealkylation sites (N-methyl/N-ethyl adjacent to an activating group) is 1. The summed E-state index contributed by atoms with van der Waals surface area (Å²) in [5, 5.41) is 6.73. The molecule has 1 aromatic carbocycles. The van der Waals surface area contributed by atoms with E-state index in [0.717, 1.165) is 57.0 Å². The molecule has 0 heterocycles. The lowest BCUT2D eigenvalue weighted by Gasteiger charge is -2.18. The molecule has 1 aromatic rings. The van der Waals surface area contributed by atoms with Crippen LogP contribution in [0.4, 0.5) is 0 Å². The summed E-state index contributed by atoms with van der Waals surface area (Å²) in [5.41, 5.74) is 1.22. The van der Waals surface area contributed by atoms with Gasteiger partial charge in [-0.15, -0.1) is 0 Å². The number of rotatable bonds is 10. The lowest BCUT2D eigenvalue weighted by molar-refractivity contribution is 0.223. The smallest absolute Gasteiger partial charge is 0.191 e. The van der Waals surface area contributed by atoms with Crippen LogP contribution in [0.25, 0.3) is 0 Å². The highest BCUT2D eigenvalue weighted by Crippen LogP contribution is 2.27. The Bertz CT molecular complexity index is 493. The highest BCUT2D eigenvalue weighted by Gasteiger charge is 2.20. The van der Waals surface area contributed by atoms with Crippen LogP contribution in [0.1, 0.15) is 32.3 Å². The first-order chi connectivity index (χ1) is 11.7. The number of nitrogens with zero attached hydrogens (tertiary/aromatic N) is 2. The number of aliphatic imine (C=N–C) groups is 1. The first-order valence-corrected chi connectivity index (χ1v) is 9.13. The summed E-state index contributed by atoms with van der Waals surface area (Å²) in [5.74, 6) is 2.65. The minimum absolute atomic E-state index is 0.733. The Balaban J connectivity index is 1.68. The summed E-state index contributed by atoms with van der Waals surface area (Å²) < 4.78 is 5.82. The molecule has 1 aliphatic rings. The highest BCUT2D eigenvalue weighted by molar-refractivity contribution is 5.79. The Morgan fingerprint density at radius 2 is 1.88 bits per heavy atom. The third-order valence-electron chi connectivity index (χ3n) is 4.43. The van der Waals surface area contributed by atoms with Crippen LogP contribution in [0, 0.1) is 5.92 Å². The molecule has 0 radical (unpaired) electrons. The van der Waals surface area contributed by atoms with Crippen molar-refractivity contribution in [2.24, 2.45) is 10.9 Å². The van der Waals surface area contributed by atoms with Crippen LogP contribution in [-0.2, 0) is 6.54 Å². The fourth-order valence-electron chi connectivity index (χ4n) is 2.51. The third kappa shape index (κ3) is 6.79. The van der Waals surface area contributed by atoms with E-state index in [0.29, 0.717) is 0 Å². The molecule has 1 fully saturated rings. The second-order valence-electron chi connectivity index (χ2n) is 6.27. The Kier molecular flexibility index (Phi) is 7.89. The molecule has 2 rings (SSSR count). The quantitative estimate of drug-likeness (QED) is 0.510. The van der Waals surface area contributed by atoms with Crippen molar-refractivity contribution in [1.29, 1.82) is 0 Å². The molecule has 1 aliphatic carbocycles. The zero-order valence-corrected chi connectivity index (χ0v) is 15.3. The minimum atomic E-state index is 0.733. The van der Waals surface area contributed by atoms with E-state index in [1.807, 2.05) is 19.2 Å². The molecule has 0 aliphatic heterocycles. The van der Waals surface area contributed by atoms with Gasteiger partial charge >= 0.3 is 0 Å². The van der Waals surface area contributed by atoms with Crippen LogP contribution >= 0.6 is 0 Å². The van der Waals surface area contributed by atoms with Gasteiger partial charge in [-0.05, 0) is 49.5 Å². The average Bonchev–Trinajstić information content (AvgIpc) is 3.44. The largest absolute Gasteiger partial charge is 0.492 e. The Hall–Kier alpha value is -1.75. The van der Waals surface area contributed by atoms with Gasteiger partial charge in [0.15, 0.2) is 5.96 Å². The normalized spacial score (nSPS) is 14.8. The zero-order chi connectivity index (χ0) is 17.2. The molecule has 0 spiro atoms. The SMILES string of the molecule is CCN(CC)CCOc1ccc(CNC(=NC)NCC2CC2)cc1. The first kappa shape index (κ1) is 18.6. The number of benzene rings is 1. The van der Waals surface area contributed by atoms with Gasteiger partial charge in [0.25, 0.3) is 0 Å². The van der Waals surface area contributed by atoms with Crippen LogP contribution < -0.4 is 15.4 Å². The van der Waals surface area contributed by atoms with E-state index in [4.69, 9.17) is 4.74 Å². The Morgan fingerprint density at radius 1 is 1.17 bits per heavy atom. The van der Waals surface area contributed by atoms with E-state index in [1.165, 1.54) is 18.4 Å². The molecule has 134 valence electrons. The summed E-state index contributed by atoms with van der Waals surface area (Å²) >= 11 is 0. The molecule has 0 unspecified atom stereocenters. The van der Waals surface area contributed by atoms with Crippen molar-refractivity contribution in [3.05, 3.63) is 29.8 Å². The van der Waals surface area contributed by atoms with Crippen LogP contribution in [0.5, 0.6) is 5.75 Å². The molecule has 5 heteroatoms. The fraction of sp³-hybridized carbons (Fsp3) is 0.632. The molecular weight excluding hydrogens is 300 g/mol. The van der Waals surface area contributed by atoms with Crippen LogP contribution in [0.2, 0.25) is 0 Å². The van der Waals surface area contributed by atoms with Crippen LogP contribution in [0.3, 0.4) is 0 Å². The van der Waals surface area contributed by atoms with Crippen LogP contribution in [0.15, 0.2) is 29.3 Å². The first-order valence-electron chi connectivity index (χ1n) is 9.13. The van der Waals surface area contributed by atoms with Gasteiger partial charge < -0.3 is 20.3 Å². The lowest BCUT2D eigenvalue weighted by atomic mass is 10.2. The summed E-state index contributed by atoms with van der Waals surface area (Å²) in [6.07, 6.45) is 2.69. The summed E-state index contributed by atoms with van der Waals surface area (Å²) in [6, 6.07) is 8.29. The maximum atomic E-state index is 5.82. The van der Waals surface area contributed by atoms with Crippen molar-refractivity contribution < 1.29 is 4.74 Å². The van der Waals surface area contributed by atoms with Crippen molar-refractivity contribution >= 4 is 5.96 Å². The molecule has 0 aromatic heterocycles. The van der Waals surface area contributed by atoms with Gasteiger partial charge in [-0.3, -0.25) is 4.99 Å². The van der Waals surface area contributed by atoms with Crippen molar-refractivity contribution in [2.45, 2.75) is 33.2 Å². The summed E-state index contributed by atoms with van der Waals surface area (Å²) in [7, 11) is 1.81. The number of guanidine groups is 1. The predicted molar refractivity (Wildman–Crippen MR) is 101 cm³/mol. The van der Waals surface area contributed by atoms with Gasteiger partial charge in [0, 0.05) is 26.7 Å². The van der Waals surface area contributed by atoms with Gasteiger partial charge in [0.05, 0.1) is 0 Å². The van der Waals surface area contributed by atoms with E-state index in [9.17, 15) is 0 Å². The molecule has 0 bridgehead atoms. The maximum absolute atomic E-state index is 5.82. The van der Waals surface area contributed by atoms with Gasteiger partial charge in [-0.1, -0.05) is 26.0 Å². The monoisotopic (exact) mass is 332 g/mol. The summed E-state index contributed by atoms with van der Waals surface area (Å²) in [4.78, 5) is 6.62. The number of hydrogen-bond donors (Lipinski definition) is 2. The Labute approximate surface area is 146 Å². The third-order valence-corrected chi connectivity index (χ3v) is 4.43. The van der Waals surface area contributed by atoms with Gasteiger partial charge in [0.2, 0.25) is 0 Å². The average molecular weight is 332 g/mol. The van der Waals surface area contributed by atoms with Gasteiger partial charge in [-0.25, -0.2) is 0 Å². The molecule has 2 N–H and O–H groups in total. The molecule has 0 atom stereocenters. The van der Waals surface area contributed by atoms with E-state index in [2.05, 4.69) is 46.5 Å². The second-order valence-corrected chi connectivity index (χ2v) is 6.27. The fourth-order valence-corrected chi connectivity index (χ4v) is 2.51. The van der Waals surface area contributed by atoms with Crippen molar-refractivity contribution in [3.63, 3.8) is 0 Å². The molecule has 0 saturated heterocycles. The lowest BCUT2D eigenvalue weighted by Crippen LogP contribution is -2.37. The molecule has 5 nitrogen and oxygen atoms in total. The van der Waals surface area contributed by atoms with Crippen molar-refractivity contribution in [3.8, 4) is 5.75 Å². The van der Waals surface area contributed by atoms with Gasteiger partial charge in [0.1, 0.15) is 12.4 Å².